The summed E-state index contributed by atoms with van der Waals surface area (Å²) in [6.45, 7) is -0.00708. The monoisotopic (exact) mass is 424 g/mol. The first-order chi connectivity index (χ1) is 12.1. The first-order valence-electron chi connectivity index (χ1n) is 7.71. The van der Waals surface area contributed by atoms with Gasteiger partial charge in [-0.15, -0.1) is 11.3 Å². The average molecular weight is 425 g/mol. The molecule has 0 aliphatic carbocycles. The van der Waals surface area contributed by atoms with Gasteiger partial charge in [0.25, 0.3) is 0 Å². The highest BCUT2D eigenvalue weighted by Crippen LogP contribution is 2.29. The lowest BCUT2D eigenvalue weighted by atomic mass is 10.2. The van der Waals surface area contributed by atoms with E-state index in [1.54, 1.807) is 0 Å². The second-order valence-electron chi connectivity index (χ2n) is 5.69. The zero-order chi connectivity index (χ0) is 19.5. The molecule has 1 aliphatic rings. The number of carbonyl (C=O) groups is 2. The van der Waals surface area contributed by atoms with E-state index in [0.717, 1.165) is 15.6 Å². The van der Waals surface area contributed by atoms with Crippen LogP contribution in [0.25, 0.3) is 0 Å². The third kappa shape index (κ3) is 4.24. The molecule has 146 valence electrons. The Balaban J connectivity index is 2.13. The van der Waals surface area contributed by atoms with Crippen molar-refractivity contribution in [3.63, 3.8) is 0 Å². The Labute approximate surface area is 156 Å². The number of piperidine rings is 1. The van der Waals surface area contributed by atoms with Gasteiger partial charge in [-0.1, -0.05) is 0 Å². The number of nitrogens with one attached hydrogen (secondary N) is 1. The highest BCUT2D eigenvalue weighted by molar-refractivity contribution is 7.92. The fraction of sp³-hybridized carbons (Fsp3) is 0.571. The highest BCUT2D eigenvalue weighted by atomic mass is 32.2. The third-order valence-corrected chi connectivity index (χ3v) is 9.25. The number of sulfone groups is 1. The van der Waals surface area contributed by atoms with Crippen molar-refractivity contribution in [2.45, 2.75) is 23.0 Å². The molecule has 0 radical (unpaired) electrons. The number of rotatable bonds is 6. The summed E-state index contributed by atoms with van der Waals surface area (Å²) in [4.78, 5) is 22.9. The van der Waals surface area contributed by atoms with Gasteiger partial charge in [-0.05, 0) is 24.3 Å². The molecule has 1 N–H and O–H groups in total. The number of thiophene rings is 1. The molecule has 1 aromatic rings. The van der Waals surface area contributed by atoms with E-state index in [1.807, 2.05) is 0 Å². The number of ether oxygens (including phenoxy) is 1. The van der Waals surface area contributed by atoms with Gasteiger partial charge in [0.1, 0.15) is 15.5 Å². The Hall–Kier alpha value is -1.50. The molecular weight excluding hydrogens is 404 g/mol. The van der Waals surface area contributed by atoms with Crippen molar-refractivity contribution in [3.05, 3.63) is 16.3 Å². The quantitative estimate of drug-likeness (QED) is 0.629. The predicted octanol–water partition coefficient (Wildman–Crippen LogP) is -0.151. The summed E-state index contributed by atoms with van der Waals surface area (Å²) >= 11 is 0.967. The maximum Gasteiger partial charge on any atom is 0.349 e. The summed E-state index contributed by atoms with van der Waals surface area (Å²) in [6.07, 6.45) is 0.187. The van der Waals surface area contributed by atoms with E-state index < -0.39 is 42.7 Å². The van der Waals surface area contributed by atoms with E-state index in [2.05, 4.69) is 10.1 Å². The van der Waals surface area contributed by atoms with Crippen LogP contribution in [0, 0.1) is 0 Å². The standard InChI is InChI=1S/C14H20N2O7S3/c1-15-12(17)9-25(19,20)10-3-6-16(7-4-10)26(21,22)11-5-8-24-13(11)14(18)23-2/h5,8,10H,3-4,6-7,9H2,1-2H3,(H,15,17). The second kappa shape index (κ2) is 8.03. The van der Waals surface area contributed by atoms with E-state index in [-0.39, 0.29) is 35.7 Å². The summed E-state index contributed by atoms with van der Waals surface area (Å²) in [5.74, 6) is -1.94. The van der Waals surface area contributed by atoms with Crippen LogP contribution in [0.1, 0.15) is 22.5 Å². The molecule has 2 heterocycles. The van der Waals surface area contributed by atoms with Crippen LogP contribution in [-0.2, 0) is 29.4 Å². The van der Waals surface area contributed by atoms with E-state index in [9.17, 15) is 26.4 Å². The van der Waals surface area contributed by atoms with Crippen molar-refractivity contribution in [1.29, 1.82) is 0 Å². The number of hydrogen-bond acceptors (Lipinski definition) is 8. The number of hydrogen-bond donors (Lipinski definition) is 1. The van der Waals surface area contributed by atoms with Crippen LogP contribution in [-0.4, -0.2) is 71.3 Å². The molecule has 1 amide bonds. The minimum absolute atomic E-state index is 0.00354. The molecule has 0 atom stereocenters. The topological polar surface area (TPSA) is 127 Å². The lowest BCUT2D eigenvalue weighted by Crippen LogP contribution is -2.44. The van der Waals surface area contributed by atoms with Crippen LogP contribution in [0.3, 0.4) is 0 Å². The molecule has 0 spiro atoms. The highest BCUT2D eigenvalue weighted by Gasteiger charge is 2.37. The largest absolute Gasteiger partial charge is 0.465 e. The van der Waals surface area contributed by atoms with E-state index in [1.165, 1.54) is 25.6 Å². The van der Waals surface area contributed by atoms with Crippen molar-refractivity contribution >= 4 is 43.1 Å². The molecule has 12 heteroatoms. The number of carbonyl (C=O) groups excluding carboxylic acids is 2. The van der Waals surface area contributed by atoms with Crippen LogP contribution < -0.4 is 5.32 Å². The van der Waals surface area contributed by atoms with Crippen molar-refractivity contribution < 1.29 is 31.2 Å². The van der Waals surface area contributed by atoms with Gasteiger partial charge in [0.2, 0.25) is 15.9 Å². The number of amides is 1. The van der Waals surface area contributed by atoms with Gasteiger partial charge in [0, 0.05) is 20.1 Å². The molecule has 1 saturated heterocycles. The molecule has 1 fully saturated rings. The Morgan fingerprint density at radius 2 is 1.88 bits per heavy atom. The fourth-order valence-corrected chi connectivity index (χ4v) is 7.14. The van der Waals surface area contributed by atoms with Crippen LogP contribution in [0.2, 0.25) is 0 Å². The number of nitrogens with zero attached hydrogens (tertiary/aromatic N) is 1. The molecule has 9 nitrogen and oxygen atoms in total. The maximum absolute atomic E-state index is 12.8. The zero-order valence-corrected chi connectivity index (χ0v) is 16.7. The smallest absolute Gasteiger partial charge is 0.349 e. The van der Waals surface area contributed by atoms with Gasteiger partial charge in [-0.25, -0.2) is 21.6 Å². The van der Waals surface area contributed by atoms with Gasteiger partial charge in [-0.3, -0.25) is 4.79 Å². The van der Waals surface area contributed by atoms with Gasteiger partial charge in [0.15, 0.2) is 9.84 Å². The number of methoxy groups -OCH3 is 1. The fourth-order valence-electron chi connectivity index (χ4n) is 2.69. The molecule has 0 aromatic carbocycles. The molecule has 2 rings (SSSR count). The summed E-state index contributed by atoms with van der Waals surface area (Å²) in [6, 6.07) is 1.33. The van der Waals surface area contributed by atoms with Gasteiger partial charge in [0.05, 0.1) is 12.4 Å². The molecule has 0 bridgehead atoms. The second-order valence-corrected chi connectivity index (χ2v) is 10.8. The Morgan fingerprint density at radius 3 is 2.42 bits per heavy atom. The minimum Gasteiger partial charge on any atom is -0.465 e. The predicted molar refractivity (Wildman–Crippen MR) is 95.3 cm³/mol. The van der Waals surface area contributed by atoms with E-state index in [4.69, 9.17) is 0 Å². The van der Waals surface area contributed by atoms with Gasteiger partial charge in [-0.2, -0.15) is 4.31 Å². The average Bonchev–Trinajstić information content (AvgIpc) is 3.11. The Kier molecular flexibility index (Phi) is 6.42. The maximum atomic E-state index is 12.8. The molecule has 26 heavy (non-hydrogen) atoms. The summed E-state index contributed by atoms with van der Waals surface area (Å²) in [5, 5.41) is 2.98. The number of esters is 1. The minimum atomic E-state index is -3.93. The third-order valence-electron chi connectivity index (χ3n) is 4.14. The Morgan fingerprint density at radius 1 is 1.27 bits per heavy atom. The Bertz CT molecular complexity index is 881. The van der Waals surface area contributed by atoms with Crippen molar-refractivity contribution in [3.8, 4) is 0 Å². The lowest BCUT2D eigenvalue weighted by molar-refractivity contribution is -0.118. The van der Waals surface area contributed by atoms with Crippen LogP contribution in [0.5, 0.6) is 0 Å². The lowest BCUT2D eigenvalue weighted by Gasteiger charge is -2.30. The van der Waals surface area contributed by atoms with Crippen molar-refractivity contribution in [2.75, 3.05) is 33.0 Å². The van der Waals surface area contributed by atoms with Gasteiger partial charge >= 0.3 is 5.97 Å². The normalized spacial score (nSPS) is 17.0. The SMILES string of the molecule is CNC(=O)CS(=O)(=O)C1CCN(S(=O)(=O)c2ccsc2C(=O)OC)CC1. The van der Waals surface area contributed by atoms with E-state index in [0.29, 0.717) is 0 Å². The molecule has 0 saturated carbocycles. The summed E-state index contributed by atoms with van der Waals surface area (Å²) in [7, 11) is -5.06. The molecule has 1 aromatic heterocycles. The van der Waals surface area contributed by atoms with Crippen LogP contribution in [0.15, 0.2) is 16.3 Å². The molecule has 0 unspecified atom stereocenters. The van der Waals surface area contributed by atoms with Crippen molar-refractivity contribution in [2.24, 2.45) is 0 Å². The van der Waals surface area contributed by atoms with Crippen molar-refractivity contribution in [1.82, 2.24) is 9.62 Å². The first-order valence-corrected chi connectivity index (χ1v) is 11.7. The van der Waals surface area contributed by atoms with Crippen LogP contribution >= 0.6 is 11.3 Å². The zero-order valence-electron chi connectivity index (χ0n) is 14.3. The van der Waals surface area contributed by atoms with E-state index >= 15 is 0 Å². The molecule has 1 aliphatic heterocycles. The van der Waals surface area contributed by atoms with Gasteiger partial charge < -0.3 is 10.1 Å². The summed E-state index contributed by atoms with van der Waals surface area (Å²) < 4.78 is 55.8. The van der Waals surface area contributed by atoms with Crippen LogP contribution in [0.4, 0.5) is 0 Å². The first kappa shape index (κ1) is 20.8. The summed E-state index contributed by atoms with van der Waals surface area (Å²) in [5.41, 5.74) is 0. The molecular formula is C14H20N2O7S3. The number of sulfonamides is 1.